The van der Waals surface area contributed by atoms with Gasteiger partial charge in [0, 0.05) is 15.9 Å². The van der Waals surface area contributed by atoms with Crippen LogP contribution in [0.15, 0.2) is 18.2 Å². The Labute approximate surface area is 228 Å². The highest BCUT2D eigenvalue weighted by molar-refractivity contribution is 7.91. The maximum absolute atomic E-state index is 13.5. The van der Waals surface area contributed by atoms with Gasteiger partial charge in [0.1, 0.15) is 10.8 Å². The van der Waals surface area contributed by atoms with E-state index in [2.05, 4.69) is 31.4 Å². The molecule has 2 N–H and O–H groups in total. The summed E-state index contributed by atoms with van der Waals surface area (Å²) < 4.78 is 29.7. The monoisotopic (exact) mass is 566 g/mol. The number of nitrogens with one attached hydrogen (secondary N) is 2. The fourth-order valence-electron chi connectivity index (χ4n) is 4.98. The molecule has 1 aromatic carbocycles. The number of carbonyl (C=O) groups is 2. The zero-order chi connectivity index (χ0) is 27.1. The van der Waals surface area contributed by atoms with Crippen molar-refractivity contribution in [1.29, 1.82) is 0 Å². The van der Waals surface area contributed by atoms with Gasteiger partial charge in [-0.25, -0.2) is 8.42 Å². The first-order chi connectivity index (χ1) is 17.2. The van der Waals surface area contributed by atoms with Crippen LogP contribution in [0.3, 0.4) is 0 Å². The molecule has 4 rings (SSSR count). The maximum atomic E-state index is 13.5. The molecule has 7 nitrogen and oxygen atoms in total. The minimum absolute atomic E-state index is 0.0513. The quantitative estimate of drug-likeness (QED) is 0.501. The average molecular weight is 567 g/mol. The van der Waals surface area contributed by atoms with Crippen molar-refractivity contribution in [2.45, 2.75) is 72.4 Å². The first kappa shape index (κ1) is 27.9. The predicted octanol–water partition coefficient (Wildman–Crippen LogP) is 5.18. The summed E-state index contributed by atoms with van der Waals surface area (Å²) in [4.78, 5) is 27.7. The molecule has 1 fully saturated rings. The minimum Gasteiger partial charge on any atom is -0.481 e. The van der Waals surface area contributed by atoms with Gasteiger partial charge in [0.05, 0.1) is 17.1 Å². The normalized spacial score (nSPS) is 21.7. The van der Waals surface area contributed by atoms with E-state index in [1.165, 1.54) is 11.3 Å². The number of ether oxygens (including phenoxy) is 1. The van der Waals surface area contributed by atoms with E-state index in [0.29, 0.717) is 33.7 Å². The van der Waals surface area contributed by atoms with Crippen molar-refractivity contribution in [3.8, 4) is 5.75 Å². The smallest absolute Gasteiger partial charge is 0.265 e. The van der Waals surface area contributed by atoms with Gasteiger partial charge in [0.15, 0.2) is 15.9 Å². The van der Waals surface area contributed by atoms with Crippen LogP contribution in [-0.2, 0) is 27.5 Å². The van der Waals surface area contributed by atoms with Crippen molar-refractivity contribution in [3.63, 3.8) is 0 Å². The number of sulfone groups is 1. The van der Waals surface area contributed by atoms with E-state index in [9.17, 15) is 18.0 Å². The lowest BCUT2D eigenvalue weighted by Gasteiger charge is -2.33. The molecule has 0 radical (unpaired) electrons. The number of amides is 2. The van der Waals surface area contributed by atoms with Gasteiger partial charge in [-0.2, -0.15) is 0 Å². The number of fused-ring (bicyclic) bond motifs is 1. The second-order valence-electron chi connectivity index (χ2n) is 11.2. The molecule has 0 saturated carbocycles. The molecule has 202 valence electrons. The highest BCUT2D eigenvalue weighted by atomic mass is 35.5. The van der Waals surface area contributed by atoms with Crippen LogP contribution in [0.5, 0.6) is 5.75 Å². The number of aryl methyl sites for hydroxylation is 1. The highest BCUT2D eigenvalue weighted by Gasteiger charge is 2.36. The molecular formula is C27H35ClN2O5S2. The van der Waals surface area contributed by atoms with Gasteiger partial charge in [0.25, 0.3) is 11.8 Å². The SMILES string of the molecule is Cc1cc(OC(C)C(=O)Nc2sc3c(c2C(=O)NC2CCS(=O)(=O)C2)CCC(C(C)(C)C)C3)ccc1Cl. The Morgan fingerprint density at radius 1 is 1.22 bits per heavy atom. The second kappa shape index (κ2) is 10.6. The van der Waals surface area contributed by atoms with Crippen molar-refractivity contribution in [2.24, 2.45) is 11.3 Å². The molecule has 37 heavy (non-hydrogen) atoms. The number of rotatable bonds is 6. The third-order valence-corrected chi connectivity index (χ3v) is 10.7. The molecular weight excluding hydrogens is 532 g/mol. The Bertz CT molecular complexity index is 1310. The molecule has 10 heteroatoms. The van der Waals surface area contributed by atoms with Crippen LogP contribution in [0, 0.1) is 18.3 Å². The number of hydrogen-bond acceptors (Lipinski definition) is 6. The number of thiophene rings is 1. The zero-order valence-electron chi connectivity index (χ0n) is 21.9. The van der Waals surface area contributed by atoms with Crippen LogP contribution < -0.4 is 15.4 Å². The Kier molecular flexibility index (Phi) is 7.98. The van der Waals surface area contributed by atoms with Gasteiger partial charge in [-0.3, -0.25) is 9.59 Å². The van der Waals surface area contributed by atoms with Crippen LogP contribution >= 0.6 is 22.9 Å². The largest absolute Gasteiger partial charge is 0.481 e. The Balaban J connectivity index is 1.57. The molecule has 1 saturated heterocycles. The standard InChI is InChI=1S/C27H35ClN2O5S2/c1-15-12-19(7-9-21(15)28)35-16(2)24(31)30-26-23(25(32)29-18-10-11-37(33,34)14-18)20-8-6-17(27(3,4)5)13-22(20)36-26/h7,9,12,16-18H,6,8,10-11,13-14H2,1-5H3,(H,29,32)(H,30,31). The molecule has 2 aliphatic rings. The summed E-state index contributed by atoms with van der Waals surface area (Å²) in [6.45, 7) is 10.2. The summed E-state index contributed by atoms with van der Waals surface area (Å²) >= 11 is 7.53. The maximum Gasteiger partial charge on any atom is 0.265 e. The molecule has 2 amide bonds. The van der Waals surface area contributed by atoms with Crippen molar-refractivity contribution < 1.29 is 22.7 Å². The molecule has 2 aromatic rings. The molecule has 1 aromatic heterocycles. The Morgan fingerprint density at radius 2 is 1.95 bits per heavy atom. The molecule has 2 heterocycles. The first-order valence-electron chi connectivity index (χ1n) is 12.6. The predicted molar refractivity (Wildman–Crippen MR) is 149 cm³/mol. The van der Waals surface area contributed by atoms with Gasteiger partial charge >= 0.3 is 0 Å². The fourth-order valence-corrected chi connectivity index (χ4v) is 8.10. The third kappa shape index (κ3) is 6.49. The summed E-state index contributed by atoms with van der Waals surface area (Å²) in [6, 6.07) is 4.79. The number of anilines is 1. The molecule has 0 bridgehead atoms. The van der Waals surface area contributed by atoms with E-state index < -0.39 is 22.0 Å². The third-order valence-electron chi connectivity index (χ3n) is 7.33. The zero-order valence-corrected chi connectivity index (χ0v) is 24.3. The van der Waals surface area contributed by atoms with Gasteiger partial charge in [-0.15, -0.1) is 11.3 Å². The van der Waals surface area contributed by atoms with E-state index in [1.54, 1.807) is 25.1 Å². The molecule has 3 atom stereocenters. The van der Waals surface area contributed by atoms with Gasteiger partial charge < -0.3 is 15.4 Å². The van der Waals surface area contributed by atoms with Crippen molar-refractivity contribution in [1.82, 2.24) is 5.32 Å². The van der Waals surface area contributed by atoms with Gasteiger partial charge in [-0.1, -0.05) is 32.4 Å². The summed E-state index contributed by atoms with van der Waals surface area (Å²) in [6.07, 6.45) is 2.13. The second-order valence-corrected chi connectivity index (χ2v) is 15.0. The number of halogens is 1. The van der Waals surface area contributed by atoms with E-state index in [4.69, 9.17) is 16.3 Å². The van der Waals surface area contributed by atoms with Crippen molar-refractivity contribution in [3.05, 3.63) is 44.8 Å². The van der Waals surface area contributed by atoms with Gasteiger partial charge in [0.2, 0.25) is 0 Å². The summed E-state index contributed by atoms with van der Waals surface area (Å²) in [5, 5.41) is 6.96. The Morgan fingerprint density at radius 3 is 2.57 bits per heavy atom. The Hall–Kier alpha value is -2.10. The number of hydrogen-bond donors (Lipinski definition) is 2. The summed E-state index contributed by atoms with van der Waals surface area (Å²) in [7, 11) is -3.13. The lowest BCUT2D eigenvalue weighted by atomic mass is 9.72. The van der Waals surface area contributed by atoms with E-state index in [0.717, 1.165) is 35.3 Å². The van der Waals surface area contributed by atoms with Crippen molar-refractivity contribution >= 4 is 49.6 Å². The van der Waals surface area contributed by atoms with Crippen LogP contribution in [-0.4, -0.2) is 43.9 Å². The van der Waals surface area contributed by atoms with Crippen LogP contribution in [0.1, 0.15) is 66.9 Å². The first-order valence-corrected chi connectivity index (χ1v) is 15.6. The highest BCUT2D eigenvalue weighted by Crippen LogP contribution is 2.44. The minimum atomic E-state index is -3.13. The van der Waals surface area contributed by atoms with E-state index in [1.807, 2.05) is 6.92 Å². The summed E-state index contributed by atoms with van der Waals surface area (Å²) in [5.41, 5.74) is 2.39. The van der Waals surface area contributed by atoms with Crippen molar-refractivity contribution in [2.75, 3.05) is 16.8 Å². The lowest BCUT2D eigenvalue weighted by molar-refractivity contribution is -0.122. The van der Waals surface area contributed by atoms with E-state index >= 15 is 0 Å². The van der Waals surface area contributed by atoms with Crippen LogP contribution in [0.25, 0.3) is 0 Å². The molecule has 1 aliphatic carbocycles. The van der Waals surface area contributed by atoms with Crippen LogP contribution in [0.4, 0.5) is 5.00 Å². The number of carbonyl (C=O) groups excluding carboxylic acids is 2. The topological polar surface area (TPSA) is 102 Å². The summed E-state index contributed by atoms with van der Waals surface area (Å²) in [5.74, 6) is 0.332. The molecule has 3 unspecified atom stereocenters. The van der Waals surface area contributed by atoms with Crippen LogP contribution in [0.2, 0.25) is 5.02 Å². The molecule has 0 spiro atoms. The lowest BCUT2D eigenvalue weighted by Crippen LogP contribution is -2.37. The number of benzene rings is 1. The molecule has 1 aliphatic heterocycles. The fraction of sp³-hybridized carbons (Fsp3) is 0.556. The average Bonchev–Trinajstić information content (AvgIpc) is 3.33. The van der Waals surface area contributed by atoms with Gasteiger partial charge in [-0.05, 0) is 80.2 Å². The van der Waals surface area contributed by atoms with E-state index in [-0.39, 0.29) is 28.7 Å².